The van der Waals surface area contributed by atoms with Crippen molar-refractivity contribution in [2.24, 2.45) is 0 Å². The molecule has 0 aliphatic heterocycles. The molecule has 0 bridgehead atoms. The van der Waals surface area contributed by atoms with Gasteiger partial charge in [0.1, 0.15) is 0 Å². The van der Waals surface area contributed by atoms with E-state index in [-0.39, 0.29) is 12.1 Å². The molecule has 3 nitrogen and oxygen atoms in total. The first-order chi connectivity index (χ1) is 11.4. The summed E-state index contributed by atoms with van der Waals surface area (Å²) < 4.78 is 39.6. The average molecular weight is 332 g/mol. The van der Waals surface area contributed by atoms with Gasteiger partial charge in [0.15, 0.2) is 0 Å². The Morgan fingerprint density at radius 2 is 1.71 bits per heavy atom. The van der Waals surface area contributed by atoms with E-state index < -0.39 is 24.4 Å². The molecule has 0 aromatic heterocycles. The van der Waals surface area contributed by atoms with Crippen LogP contribution in [0.4, 0.5) is 13.2 Å². The summed E-state index contributed by atoms with van der Waals surface area (Å²) in [7, 11) is 0. The van der Waals surface area contributed by atoms with Crippen molar-refractivity contribution in [3.8, 4) is 6.07 Å². The van der Waals surface area contributed by atoms with Crippen LogP contribution in [-0.4, -0.2) is 12.1 Å². The van der Waals surface area contributed by atoms with Crippen molar-refractivity contribution in [2.45, 2.75) is 25.1 Å². The molecule has 6 heteroatoms. The number of halogens is 3. The molecule has 124 valence electrons. The summed E-state index contributed by atoms with van der Waals surface area (Å²) >= 11 is 0. The first kappa shape index (κ1) is 17.5. The van der Waals surface area contributed by atoms with Crippen LogP contribution in [-0.2, 0) is 11.3 Å². The van der Waals surface area contributed by atoms with E-state index in [0.29, 0.717) is 11.1 Å². The number of amides is 1. The summed E-state index contributed by atoms with van der Waals surface area (Å²) in [5.74, 6) is -2.51. The maximum absolute atomic E-state index is 13.2. The molecule has 2 rings (SSSR count). The molecule has 0 saturated heterocycles. The van der Waals surface area contributed by atoms with Crippen LogP contribution in [0.2, 0.25) is 0 Å². The van der Waals surface area contributed by atoms with Gasteiger partial charge in [0.05, 0.1) is 17.6 Å². The van der Waals surface area contributed by atoms with Crippen LogP contribution in [0.15, 0.2) is 54.6 Å². The largest absolute Gasteiger partial charge is 0.396 e. The summed E-state index contributed by atoms with van der Waals surface area (Å²) in [6.07, 6.45) is -5.16. The number of nitrogens with one attached hydrogen (secondary N) is 1. The van der Waals surface area contributed by atoms with Crippen molar-refractivity contribution in [2.75, 3.05) is 0 Å². The highest BCUT2D eigenvalue weighted by atomic mass is 19.4. The highest BCUT2D eigenvalue weighted by molar-refractivity contribution is 5.77. The monoisotopic (exact) mass is 332 g/mol. The van der Waals surface area contributed by atoms with Crippen LogP contribution in [0.25, 0.3) is 0 Å². The third-order valence-corrected chi connectivity index (χ3v) is 3.56. The zero-order valence-electron chi connectivity index (χ0n) is 12.7. The molecule has 0 aliphatic rings. The smallest absolute Gasteiger partial charge is 0.352 e. The molecular weight excluding hydrogens is 317 g/mol. The molecule has 2 aromatic carbocycles. The number of nitriles is 1. The van der Waals surface area contributed by atoms with Gasteiger partial charge in [-0.2, -0.15) is 18.4 Å². The van der Waals surface area contributed by atoms with E-state index in [9.17, 15) is 18.0 Å². The Hall–Kier alpha value is -2.81. The first-order valence-electron chi connectivity index (χ1n) is 7.27. The van der Waals surface area contributed by atoms with E-state index in [1.165, 1.54) is 24.3 Å². The average Bonchev–Trinajstić information content (AvgIpc) is 2.58. The summed E-state index contributed by atoms with van der Waals surface area (Å²) in [5.41, 5.74) is 1.26. The molecular formula is C18H15F3N2O. The van der Waals surface area contributed by atoms with Crippen LogP contribution in [0.3, 0.4) is 0 Å². The second-order valence-corrected chi connectivity index (χ2v) is 5.29. The SMILES string of the molecule is N#Cc1ccc(CNC(=O)C[C@@H](c2ccccc2)C(F)(F)F)cc1. The normalized spacial score (nSPS) is 12.2. The zero-order valence-corrected chi connectivity index (χ0v) is 12.7. The molecule has 24 heavy (non-hydrogen) atoms. The van der Waals surface area contributed by atoms with Crippen molar-refractivity contribution >= 4 is 5.91 Å². The van der Waals surface area contributed by atoms with Crippen molar-refractivity contribution in [3.05, 3.63) is 71.3 Å². The van der Waals surface area contributed by atoms with Crippen LogP contribution in [0.1, 0.15) is 29.0 Å². The maximum atomic E-state index is 13.2. The predicted molar refractivity (Wildman–Crippen MR) is 82.9 cm³/mol. The predicted octanol–water partition coefficient (Wildman–Crippen LogP) is 3.91. The van der Waals surface area contributed by atoms with Gasteiger partial charge in [0, 0.05) is 13.0 Å². The van der Waals surface area contributed by atoms with Gasteiger partial charge in [-0.25, -0.2) is 0 Å². The van der Waals surface area contributed by atoms with E-state index in [2.05, 4.69) is 5.32 Å². The standard InChI is InChI=1S/C18H15F3N2O/c19-18(20,21)16(15-4-2-1-3-5-15)10-17(24)23-12-14-8-6-13(11-22)7-9-14/h1-9,16H,10,12H2,(H,23,24)/t16-/m0/s1. The second kappa shape index (κ2) is 7.64. The Balaban J connectivity index is 1.99. The first-order valence-corrected chi connectivity index (χ1v) is 7.27. The van der Waals surface area contributed by atoms with Gasteiger partial charge in [-0.05, 0) is 23.3 Å². The fourth-order valence-corrected chi connectivity index (χ4v) is 2.26. The lowest BCUT2D eigenvalue weighted by Gasteiger charge is -2.20. The lowest BCUT2D eigenvalue weighted by molar-refractivity contribution is -0.157. The maximum Gasteiger partial charge on any atom is 0.396 e. The quantitative estimate of drug-likeness (QED) is 0.902. The summed E-state index contributed by atoms with van der Waals surface area (Å²) in [4.78, 5) is 11.9. The summed E-state index contributed by atoms with van der Waals surface area (Å²) in [6.45, 7) is 0.115. The Morgan fingerprint density at radius 1 is 1.08 bits per heavy atom. The van der Waals surface area contributed by atoms with Crippen LogP contribution in [0.5, 0.6) is 0 Å². The number of rotatable bonds is 5. The Bertz CT molecular complexity index is 719. The van der Waals surface area contributed by atoms with Gasteiger partial charge in [-0.1, -0.05) is 42.5 Å². The number of alkyl halides is 3. The van der Waals surface area contributed by atoms with Crippen molar-refractivity contribution in [1.82, 2.24) is 5.32 Å². The number of benzene rings is 2. The van der Waals surface area contributed by atoms with Crippen LogP contribution >= 0.6 is 0 Å². The molecule has 0 aliphatic carbocycles. The topological polar surface area (TPSA) is 52.9 Å². The number of hydrogen-bond acceptors (Lipinski definition) is 2. The van der Waals surface area contributed by atoms with Gasteiger partial charge < -0.3 is 5.32 Å². The third-order valence-electron chi connectivity index (χ3n) is 3.56. The third kappa shape index (κ3) is 4.85. The minimum atomic E-state index is -4.49. The highest BCUT2D eigenvalue weighted by Gasteiger charge is 2.41. The molecule has 1 atom stereocenters. The molecule has 0 radical (unpaired) electrons. The lowest BCUT2D eigenvalue weighted by atomic mass is 9.95. The second-order valence-electron chi connectivity index (χ2n) is 5.29. The van der Waals surface area contributed by atoms with Crippen molar-refractivity contribution in [1.29, 1.82) is 5.26 Å². The number of nitrogens with zero attached hydrogens (tertiary/aromatic N) is 1. The lowest BCUT2D eigenvalue weighted by Crippen LogP contribution is -2.30. The Morgan fingerprint density at radius 3 is 2.25 bits per heavy atom. The Labute approximate surface area is 137 Å². The zero-order chi connectivity index (χ0) is 17.6. The number of carbonyl (C=O) groups is 1. The van der Waals surface area contributed by atoms with E-state index in [4.69, 9.17) is 5.26 Å². The summed E-state index contributed by atoms with van der Waals surface area (Å²) in [6, 6.07) is 15.8. The fraction of sp³-hybridized carbons (Fsp3) is 0.222. The van der Waals surface area contributed by atoms with E-state index in [1.807, 2.05) is 6.07 Å². The minimum absolute atomic E-state index is 0.0681. The molecule has 1 N–H and O–H groups in total. The van der Waals surface area contributed by atoms with Crippen LogP contribution < -0.4 is 5.32 Å². The minimum Gasteiger partial charge on any atom is -0.352 e. The fourth-order valence-electron chi connectivity index (χ4n) is 2.26. The molecule has 0 fully saturated rings. The molecule has 0 saturated carbocycles. The van der Waals surface area contributed by atoms with Gasteiger partial charge in [-0.3, -0.25) is 4.79 Å². The van der Waals surface area contributed by atoms with E-state index in [0.717, 1.165) is 0 Å². The van der Waals surface area contributed by atoms with E-state index in [1.54, 1.807) is 30.3 Å². The van der Waals surface area contributed by atoms with Crippen molar-refractivity contribution in [3.63, 3.8) is 0 Å². The number of carbonyl (C=O) groups excluding carboxylic acids is 1. The number of hydrogen-bond donors (Lipinski definition) is 1. The molecule has 0 spiro atoms. The summed E-state index contributed by atoms with van der Waals surface area (Å²) in [5, 5.41) is 11.2. The van der Waals surface area contributed by atoms with Gasteiger partial charge in [0.25, 0.3) is 0 Å². The van der Waals surface area contributed by atoms with Crippen molar-refractivity contribution < 1.29 is 18.0 Å². The highest BCUT2D eigenvalue weighted by Crippen LogP contribution is 2.37. The Kier molecular flexibility index (Phi) is 5.59. The molecule has 0 heterocycles. The molecule has 2 aromatic rings. The molecule has 0 unspecified atom stereocenters. The van der Waals surface area contributed by atoms with Gasteiger partial charge >= 0.3 is 6.18 Å². The molecule has 1 amide bonds. The van der Waals surface area contributed by atoms with Gasteiger partial charge in [0.2, 0.25) is 5.91 Å². The van der Waals surface area contributed by atoms with E-state index >= 15 is 0 Å². The van der Waals surface area contributed by atoms with Gasteiger partial charge in [-0.15, -0.1) is 0 Å². The van der Waals surface area contributed by atoms with Crippen LogP contribution in [0, 0.1) is 11.3 Å².